The molecule has 1 N–H and O–H groups in total. The second-order valence-electron chi connectivity index (χ2n) is 10.0. The Morgan fingerprint density at radius 1 is 0.947 bits per heavy atom. The van der Waals surface area contributed by atoms with E-state index in [1.165, 1.54) is 28.6 Å². The van der Waals surface area contributed by atoms with Crippen LogP contribution in [0.15, 0.2) is 70.0 Å². The van der Waals surface area contributed by atoms with Gasteiger partial charge in [-0.3, -0.25) is 4.79 Å². The largest absolute Gasteiger partial charge is 0.494 e. The zero-order chi connectivity index (χ0) is 27.5. The Labute approximate surface area is 231 Å². The van der Waals surface area contributed by atoms with Gasteiger partial charge in [0.25, 0.3) is 0 Å². The Morgan fingerprint density at radius 3 is 2.26 bits per heavy atom. The molecule has 0 radical (unpaired) electrons. The van der Waals surface area contributed by atoms with Crippen LogP contribution in [0.4, 0.5) is 0 Å². The molecule has 202 valence electrons. The molecular weight excluding hydrogens is 572 g/mol. The summed E-state index contributed by atoms with van der Waals surface area (Å²) in [5.74, 6) is -0.331. The lowest BCUT2D eigenvalue weighted by molar-refractivity contribution is -0.142. The van der Waals surface area contributed by atoms with Gasteiger partial charge < -0.3 is 14.7 Å². The molecule has 1 saturated heterocycles. The summed E-state index contributed by atoms with van der Waals surface area (Å²) in [5.41, 5.74) is -0.580. The molecule has 10 heteroatoms. The van der Waals surface area contributed by atoms with E-state index in [4.69, 9.17) is 9.84 Å². The molecule has 38 heavy (non-hydrogen) atoms. The van der Waals surface area contributed by atoms with E-state index in [9.17, 15) is 18.0 Å². The molecule has 0 saturated carbocycles. The van der Waals surface area contributed by atoms with Crippen LogP contribution >= 0.6 is 15.9 Å². The number of nitrogens with zero attached hydrogens (tertiary/aromatic N) is 2. The fraction of sp³-hybridized carbons (Fsp3) is 0.357. The SMILES string of the molecule is CC(C)(CCCOc1ccc2ccc(Br)cc2c1)C(=O)N1CCN(S(=O)(=O)c2ccc(C(=O)O)cc2)CC1. The molecule has 8 nitrogen and oxygen atoms in total. The molecule has 0 atom stereocenters. The minimum Gasteiger partial charge on any atom is -0.494 e. The zero-order valence-electron chi connectivity index (χ0n) is 21.4. The summed E-state index contributed by atoms with van der Waals surface area (Å²) in [4.78, 5) is 26.1. The molecule has 1 aliphatic rings. The Balaban J connectivity index is 1.27. The molecule has 0 bridgehead atoms. The van der Waals surface area contributed by atoms with Crippen molar-refractivity contribution in [3.8, 4) is 5.75 Å². The van der Waals surface area contributed by atoms with Crippen LogP contribution in [0.1, 0.15) is 37.0 Å². The summed E-state index contributed by atoms with van der Waals surface area (Å²) < 4.78 is 34.3. The summed E-state index contributed by atoms with van der Waals surface area (Å²) in [6.45, 7) is 5.29. The molecule has 0 spiro atoms. The van der Waals surface area contributed by atoms with Crippen LogP contribution in [-0.4, -0.2) is 67.4 Å². The maximum atomic E-state index is 13.2. The van der Waals surface area contributed by atoms with Crippen molar-refractivity contribution in [2.24, 2.45) is 5.41 Å². The predicted octanol–water partition coefficient (Wildman–Crippen LogP) is 5.02. The maximum Gasteiger partial charge on any atom is 0.335 e. The van der Waals surface area contributed by atoms with Crippen molar-refractivity contribution in [2.75, 3.05) is 32.8 Å². The zero-order valence-corrected chi connectivity index (χ0v) is 23.8. The Kier molecular flexibility index (Phi) is 8.44. The summed E-state index contributed by atoms with van der Waals surface area (Å²) in [7, 11) is -3.77. The van der Waals surface area contributed by atoms with Crippen LogP contribution in [0.25, 0.3) is 10.8 Å². The highest BCUT2D eigenvalue weighted by molar-refractivity contribution is 9.10. The van der Waals surface area contributed by atoms with E-state index < -0.39 is 21.4 Å². The first kappa shape index (κ1) is 28.1. The average molecular weight is 604 g/mol. The number of ether oxygens (including phenoxy) is 1. The number of amides is 1. The molecule has 0 unspecified atom stereocenters. The number of halogens is 1. The second kappa shape index (κ2) is 11.4. The summed E-state index contributed by atoms with van der Waals surface area (Å²) in [6, 6.07) is 17.2. The van der Waals surface area contributed by atoms with E-state index in [-0.39, 0.29) is 29.5 Å². The molecule has 0 aliphatic carbocycles. The lowest BCUT2D eigenvalue weighted by Gasteiger charge is -2.38. The number of carbonyl (C=O) groups is 2. The quantitative estimate of drug-likeness (QED) is 0.345. The molecule has 1 amide bonds. The third-order valence-electron chi connectivity index (χ3n) is 6.83. The molecular formula is C28H31BrN2O6S. The number of hydrogen-bond donors (Lipinski definition) is 1. The van der Waals surface area contributed by atoms with Crippen LogP contribution in [0.5, 0.6) is 5.75 Å². The summed E-state index contributed by atoms with van der Waals surface area (Å²) >= 11 is 3.49. The Bertz CT molecular complexity index is 1430. The monoisotopic (exact) mass is 602 g/mol. The van der Waals surface area contributed by atoms with Gasteiger partial charge in [0.05, 0.1) is 17.1 Å². The summed E-state index contributed by atoms with van der Waals surface area (Å²) in [5, 5.41) is 11.3. The van der Waals surface area contributed by atoms with Gasteiger partial charge >= 0.3 is 5.97 Å². The maximum absolute atomic E-state index is 13.2. The highest BCUT2D eigenvalue weighted by atomic mass is 79.9. The minimum absolute atomic E-state index is 0.00378. The number of sulfonamides is 1. The van der Waals surface area contributed by atoms with E-state index in [0.717, 1.165) is 21.0 Å². The number of carbonyl (C=O) groups excluding carboxylic acids is 1. The van der Waals surface area contributed by atoms with E-state index >= 15 is 0 Å². The van der Waals surface area contributed by atoms with Gasteiger partial charge in [-0.05, 0) is 72.1 Å². The fourth-order valence-electron chi connectivity index (χ4n) is 4.57. The standard InChI is InChI=1S/C28H31BrN2O6S/c1-28(2,12-3-17-37-24-9-5-20-4-8-23(29)18-22(20)19-24)27(34)30-13-15-31(16-14-30)38(35,36)25-10-6-21(7-11-25)26(32)33/h4-11,18-19H,3,12-17H2,1-2H3,(H,32,33). The summed E-state index contributed by atoms with van der Waals surface area (Å²) in [6.07, 6.45) is 1.34. The molecule has 1 fully saturated rings. The molecule has 3 aromatic carbocycles. The van der Waals surface area contributed by atoms with E-state index in [1.807, 2.05) is 50.2 Å². The molecule has 0 aromatic heterocycles. The van der Waals surface area contributed by atoms with Gasteiger partial charge in [-0.25, -0.2) is 13.2 Å². The lowest BCUT2D eigenvalue weighted by Crippen LogP contribution is -2.53. The lowest BCUT2D eigenvalue weighted by atomic mass is 9.86. The first-order chi connectivity index (χ1) is 18.0. The Hall–Kier alpha value is -2.95. The number of piperazine rings is 1. The number of aromatic carboxylic acids is 1. The molecule has 1 heterocycles. The van der Waals surface area contributed by atoms with Crippen molar-refractivity contribution in [3.63, 3.8) is 0 Å². The van der Waals surface area contributed by atoms with Crippen LogP contribution in [0, 0.1) is 5.41 Å². The smallest absolute Gasteiger partial charge is 0.335 e. The fourth-order valence-corrected chi connectivity index (χ4v) is 6.38. The molecule has 3 aromatic rings. The Morgan fingerprint density at radius 2 is 1.61 bits per heavy atom. The van der Waals surface area contributed by atoms with Gasteiger partial charge in [-0.2, -0.15) is 4.31 Å². The number of carboxylic acid groups (broad SMARTS) is 1. The van der Waals surface area contributed by atoms with Gasteiger partial charge in [0.15, 0.2) is 0 Å². The van der Waals surface area contributed by atoms with Gasteiger partial charge in [0.2, 0.25) is 15.9 Å². The van der Waals surface area contributed by atoms with Crippen molar-refractivity contribution < 1.29 is 27.9 Å². The topological polar surface area (TPSA) is 104 Å². The van der Waals surface area contributed by atoms with E-state index in [2.05, 4.69) is 15.9 Å². The van der Waals surface area contributed by atoms with Crippen LogP contribution in [-0.2, 0) is 14.8 Å². The van der Waals surface area contributed by atoms with Crippen molar-refractivity contribution >= 4 is 48.6 Å². The number of rotatable bonds is 9. The van der Waals surface area contributed by atoms with E-state index in [1.54, 1.807) is 4.90 Å². The van der Waals surface area contributed by atoms with Gasteiger partial charge in [0.1, 0.15) is 5.75 Å². The third-order valence-corrected chi connectivity index (χ3v) is 9.24. The van der Waals surface area contributed by atoms with Crippen molar-refractivity contribution in [1.29, 1.82) is 0 Å². The van der Waals surface area contributed by atoms with Crippen molar-refractivity contribution in [2.45, 2.75) is 31.6 Å². The normalized spacial score (nSPS) is 15.0. The second-order valence-corrected chi connectivity index (χ2v) is 12.9. The number of fused-ring (bicyclic) bond motifs is 1. The highest BCUT2D eigenvalue weighted by Gasteiger charge is 2.36. The molecule has 4 rings (SSSR count). The predicted molar refractivity (Wildman–Crippen MR) is 149 cm³/mol. The van der Waals surface area contributed by atoms with Crippen LogP contribution in [0.2, 0.25) is 0 Å². The van der Waals surface area contributed by atoms with E-state index in [0.29, 0.717) is 32.5 Å². The average Bonchev–Trinajstić information content (AvgIpc) is 2.90. The van der Waals surface area contributed by atoms with Gasteiger partial charge in [-0.15, -0.1) is 0 Å². The highest BCUT2D eigenvalue weighted by Crippen LogP contribution is 2.28. The third kappa shape index (κ3) is 6.36. The molecule has 1 aliphatic heterocycles. The van der Waals surface area contributed by atoms with Crippen LogP contribution < -0.4 is 4.74 Å². The van der Waals surface area contributed by atoms with Crippen molar-refractivity contribution in [1.82, 2.24) is 9.21 Å². The minimum atomic E-state index is -3.77. The number of carboxylic acids is 1. The number of benzene rings is 3. The van der Waals surface area contributed by atoms with Crippen LogP contribution in [0.3, 0.4) is 0 Å². The van der Waals surface area contributed by atoms with Gasteiger partial charge in [0, 0.05) is 36.1 Å². The number of hydrogen-bond acceptors (Lipinski definition) is 5. The van der Waals surface area contributed by atoms with Crippen molar-refractivity contribution in [3.05, 3.63) is 70.7 Å². The first-order valence-electron chi connectivity index (χ1n) is 12.4. The first-order valence-corrected chi connectivity index (χ1v) is 14.7. The van der Waals surface area contributed by atoms with Gasteiger partial charge in [-0.1, -0.05) is 41.9 Å².